The fourth-order valence-corrected chi connectivity index (χ4v) is 4.41. The molecular formula is C17H20F3N5OS. The Balaban J connectivity index is 1.65. The number of hydrogen-bond donors (Lipinski definition) is 1. The number of carbonyl (C=O) groups is 1. The number of fused-ring (bicyclic) bond motifs is 1. The third-order valence-electron chi connectivity index (χ3n) is 5.29. The molecule has 1 saturated heterocycles. The minimum Gasteiger partial charge on any atom is -0.367 e. The van der Waals surface area contributed by atoms with Gasteiger partial charge >= 0.3 is 6.18 Å². The smallest absolute Gasteiger partial charge is 0.367 e. The Bertz CT molecular complexity index is 819. The zero-order chi connectivity index (χ0) is 19.2. The molecule has 2 aromatic rings. The largest absolute Gasteiger partial charge is 0.410 e. The van der Waals surface area contributed by atoms with E-state index in [1.54, 1.807) is 21.9 Å². The van der Waals surface area contributed by atoms with Crippen LogP contribution in [0.1, 0.15) is 60.9 Å². The van der Waals surface area contributed by atoms with Crippen molar-refractivity contribution in [3.8, 4) is 0 Å². The van der Waals surface area contributed by atoms with E-state index in [4.69, 9.17) is 0 Å². The first-order valence-electron chi connectivity index (χ1n) is 9.00. The van der Waals surface area contributed by atoms with Gasteiger partial charge in [-0.25, -0.2) is 9.67 Å². The Kier molecular flexibility index (Phi) is 4.61. The predicted molar refractivity (Wildman–Crippen MR) is 94.8 cm³/mol. The van der Waals surface area contributed by atoms with E-state index in [0.717, 1.165) is 11.1 Å². The fraction of sp³-hybridized carbons (Fsp3) is 0.588. The van der Waals surface area contributed by atoms with Crippen molar-refractivity contribution < 1.29 is 18.0 Å². The van der Waals surface area contributed by atoms with Crippen LogP contribution in [-0.4, -0.2) is 44.3 Å². The molecule has 3 atom stereocenters. The summed E-state index contributed by atoms with van der Waals surface area (Å²) in [5, 5.41) is 9.12. The predicted octanol–water partition coefficient (Wildman–Crippen LogP) is 4.01. The molecule has 2 aliphatic rings. The van der Waals surface area contributed by atoms with Crippen LogP contribution in [0.15, 0.2) is 17.0 Å². The van der Waals surface area contributed by atoms with Gasteiger partial charge in [-0.2, -0.15) is 18.3 Å². The standard InChI is InChI=1S/C17H20F3N5OS/c1-2-10-6-14(17(18,19)20)25-15(22-10)7-11(23-25)13-4-3-5-24(13)16(26)12-8-27-9-21-12/h7-10,13-14,22H,2-6H2,1H3/t10-,13?,14-/m1/s1. The lowest BCUT2D eigenvalue weighted by molar-refractivity contribution is -0.173. The first-order chi connectivity index (χ1) is 12.9. The van der Waals surface area contributed by atoms with Crippen LogP contribution in [0.25, 0.3) is 0 Å². The quantitative estimate of drug-likeness (QED) is 0.847. The van der Waals surface area contributed by atoms with Gasteiger partial charge in [0.25, 0.3) is 5.91 Å². The zero-order valence-electron chi connectivity index (χ0n) is 14.7. The topological polar surface area (TPSA) is 63.1 Å². The number of amides is 1. The second-order valence-corrected chi connectivity index (χ2v) is 7.69. The number of alkyl halides is 3. The number of thiazole rings is 1. The molecule has 0 saturated carbocycles. The number of halogens is 3. The maximum Gasteiger partial charge on any atom is 0.410 e. The number of rotatable bonds is 3. The maximum atomic E-state index is 13.5. The van der Waals surface area contributed by atoms with E-state index >= 15 is 0 Å². The van der Waals surface area contributed by atoms with Gasteiger partial charge in [0.05, 0.1) is 17.2 Å². The van der Waals surface area contributed by atoms with Crippen LogP contribution in [0.3, 0.4) is 0 Å². The van der Waals surface area contributed by atoms with Crippen LogP contribution in [-0.2, 0) is 0 Å². The normalized spacial score (nSPS) is 25.3. The van der Waals surface area contributed by atoms with Crippen molar-refractivity contribution >= 4 is 23.1 Å². The molecule has 2 aromatic heterocycles. The van der Waals surface area contributed by atoms with Crippen molar-refractivity contribution in [2.24, 2.45) is 0 Å². The summed E-state index contributed by atoms with van der Waals surface area (Å²) in [6, 6.07) is -0.549. The second-order valence-electron chi connectivity index (χ2n) is 6.97. The van der Waals surface area contributed by atoms with Crippen LogP contribution in [0.5, 0.6) is 0 Å². The van der Waals surface area contributed by atoms with Gasteiger partial charge < -0.3 is 10.2 Å². The van der Waals surface area contributed by atoms with Crippen molar-refractivity contribution in [3.63, 3.8) is 0 Å². The Morgan fingerprint density at radius 1 is 1.44 bits per heavy atom. The lowest BCUT2D eigenvalue weighted by Gasteiger charge is -2.32. The summed E-state index contributed by atoms with van der Waals surface area (Å²) in [6.45, 7) is 2.42. The minimum absolute atomic E-state index is 0.0414. The summed E-state index contributed by atoms with van der Waals surface area (Å²) in [5.74, 6) is 0.176. The van der Waals surface area contributed by atoms with Gasteiger partial charge in [-0.1, -0.05) is 6.92 Å². The van der Waals surface area contributed by atoms with Crippen molar-refractivity contribution in [1.29, 1.82) is 0 Å². The number of aromatic nitrogens is 3. The van der Waals surface area contributed by atoms with Crippen LogP contribution in [0, 0.1) is 0 Å². The third-order valence-corrected chi connectivity index (χ3v) is 5.87. The van der Waals surface area contributed by atoms with Crippen molar-refractivity contribution in [2.75, 3.05) is 11.9 Å². The molecular weight excluding hydrogens is 379 g/mol. The fourth-order valence-electron chi connectivity index (χ4n) is 3.88. The molecule has 0 bridgehead atoms. The molecule has 0 aromatic carbocycles. The van der Waals surface area contributed by atoms with E-state index < -0.39 is 12.2 Å². The molecule has 1 N–H and O–H groups in total. The number of nitrogens with one attached hydrogen (secondary N) is 1. The molecule has 6 nitrogen and oxygen atoms in total. The lowest BCUT2D eigenvalue weighted by Crippen LogP contribution is -2.39. The minimum atomic E-state index is -4.36. The SMILES string of the molecule is CC[C@@H]1C[C@H](C(F)(F)F)n2nc(C3CCCN3C(=O)c3cscn3)cc2N1. The van der Waals surface area contributed by atoms with Crippen LogP contribution in [0.2, 0.25) is 0 Å². The molecule has 0 radical (unpaired) electrons. The highest BCUT2D eigenvalue weighted by atomic mass is 32.1. The molecule has 0 spiro atoms. The second kappa shape index (κ2) is 6.81. The molecule has 1 unspecified atom stereocenters. The van der Waals surface area contributed by atoms with Gasteiger partial charge in [-0.15, -0.1) is 11.3 Å². The summed E-state index contributed by atoms with van der Waals surface area (Å²) in [6.07, 6.45) is -2.33. The van der Waals surface area contributed by atoms with Gasteiger partial charge in [-0.05, 0) is 25.7 Å². The Hall–Kier alpha value is -2.10. The van der Waals surface area contributed by atoms with Crippen molar-refractivity contribution in [2.45, 2.75) is 56.9 Å². The molecule has 1 amide bonds. The zero-order valence-corrected chi connectivity index (χ0v) is 15.6. The van der Waals surface area contributed by atoms with E-state index in [-0.39, 0.29) is 24.4 Å². The van der Waals surface area contributed by atoms with Crippen LogP contribution < -0.4 is 5.32 Å². The summed E-state index contributed by atoms with van der Waals surface area (Å²) >= 11 is 1.34. The summed E-state index contributed by atoms with van der Waals surface area (Å²) < 4.78 is 41.7. The molecule has 2 aliphatic heterocycles. The first-order valence-corrected chi connectivity index (χ1v) is 9.94. The Morgan fingerprint density at radius 2 is 2.26 bits per heavy atom. The molecule has 0 aliphatic carbocycles. The van der Waals surface area contributed by atoms with E-state index in [1.807, 2.05) is 6.92 Å². The average Bonchev–Trinajstić information content (AvgIpc) is 3.38. The van der Waals surface area contributed by atoms with Gasteiger partial charge in [0.2, 0.25) is 0 Å². The average molecular weight is 399 g/mol. The highest BCUT2D eigenvalue weighted by Crippen LogP contribution is 2.42. The lowest BCUT2D eigenvalue weighted by atomic mass is 10.0. The van der Waals surface area contributed by atoms with Gasteiger partial charge in [0.15, 0.2) is 6.04 Å². The number of nitrogens with zero attached hydrogens (tertiary/aromatic N) is 4. The van der Waals surface area contributed by atoms with Crippen LogP contribution in [0.4, 0.5) is 19.0 Å². The van der Waals surface area contributed by atoms with Crippen molar-refractivity contribution in [3.05, 3.63) is 28.3 Å². The van der Waals surface area contributed by atoms with Gasteiger partial charge in [-0.3, -0.25) is 4.79 Å². The maximum absolute atomic E-state index is 13.5. The number of hydrogen-bond acceptors (Lipinski definition) is 5. The summed E-state index contributed by atoms with van der Waals surface area (Å²) in [5.41, 5.74) is 2.47. The molecule has 4 heterocycles. The molecule has 1 fully saturated rings. The first kappa shape index (κ1) is 18.3. The highest BCUT2D eigenvalue weighted by molar-refractivity contribution is 7.07. The van der Waals surface area contributed by atoms with Gasteiger partial charge in [0, 0.05) is 24.0 Å². The third kappa shape index (κ3) is 3.30. The van der Waals surface area contributed by atoms with E-state index in [9.17, 15) is 18.0 Å². The van der Waals surface area contributed by atoms with Crippen LogP contribution >= 0.6 is 11.3 Å². The monoisotopic (exact) mass is 399 g/mol. The summed E-state index contributed by atoms with van der Waals surface area (Å²) in [7, 11) is 0. The molecule has 27 heavy (non-hydrogen) atoms. The van der Waals surface area contributed by atoms with E-state index in [0.29, 0.717) is 36.6 Å². The van der Waals surface area contributed by atoms with Crippen molar-refractivity contribution in [1.82, 2.24) is 19.7 Å². The highest BCUT2D eigenvalue weighted by Gasteiger charge is 2.46. The van der Waals surface area contributed by atoms with Gasteiger partial charge in [0.1, 0.15) is 11.5 Å². The Morgan fingerprint density at radius 3 is 2.93 bits per heavy atom. The number of carbonyl (C=O) groups excluding carboxylic acids is 1. The molecule has 10 heteroatoms. The summed E-state index contributed by atoms with van der Waals surface area (Å²) in [4.78, 5) is 18.4. The molecule has 4 rings (SSSR count). The number of likely N-dealkylation sites (tertiary alicyclic amines) is 1. The van der Waals surface area contributed by atoms with E-state index in [2.05, 4.69) is 15.4 Å². The Labute approximate surface area is 158 Å². The number of anilines is 1. The molecule has 146 valence electrons. The van der Waals surface area contributed by atoms with E-state index in [1.165, 1.54) is 11.3 Å².